The Labute approximate surface area is 375 Å². The molecule has 2 fully saturated rings. The van der Waals surface area contributed by atoms with Crippen molar-refractivity contribution in [2.45, 2.75) is 63.5 Å². The molecule has 3 N–H and O–H groups in total. The molecule has 20 nitrogen and oxygen atoms in total. The highest BCUT2D eigenvalue weighted by Gasteiger charge is 2.48. The van der Waals surface area contributed by atoms with Gasteiger partial charge in [0.25, 0.3) is 17.7 Å². The van der Waals surface area contributed by atoms with E-state index in [1.165, 1.54) is 48.0 Å². The maximum atomic E-state index is 14.1. The van der Waals surface area contributed by atoms with Crippen LogP contribution >= 0.6 is 0 Å². The molecule has 346 valence electrons. The second-order valence-corrected chi connectivity index (χ2v) is 15.9. The molecule has 0 aliphatic carbocycles. The Hall–Kier alpha value is -7.06. The zero-order valence-corrected chi connectivity index (χ0v) is 37.0. The number of methoxy groups -OCH3 is 2. The maximum Gasteiger partial charge on any atom is 0.416 e. The van der Waals surface area contributed by atoms with Crippen LogP contribution in [0.2, 0.25) is 0 Å². The van der Waals surface area contributed by atoms with Crippen molar-refractivity contribution >= 4 is 58.4 Å². The molecule has 3 aliphatic heterocycles. The third-order valence-corrected chi connectivity index (χ3v) is 11.3. The van der Waals surface area contributed by atoms with E-state index in [4.69, 9.17) is 28.4 Å². The lowest BCUT2D eigenvalue weighted by Crippen LogP contribution is -2.54. The number of benzene rings is 1. The molecule has 0 saturated carbocycles. The summed E-state index contributed by atoms with van der Waals surface area (Å²) in [5, 5.41) is 8.35. The van der Waals surface area contributed by atoms with Gasteiger partial charge in [0.15, 0.2) is 24.0 Å². The van der Waals surface area contributed by atoms with E-state index in [-0.39, 0.29) is 77.7 Å². The van der Waals surface area contributed by atoms with Crippen LogP contribution in [0.25, 0.3) is 0 Å². The lowest BCUT2D eigenvalue weighted by molar-refractivity contribution is -0.195. The molecule has 2 unspecified atom stereocenters. The van der Waals surface area contributed by atoms with Crippen LogP contribution in [0.5, 0.6) is 11.5 Å². The normalized spacial score (nSPS) is 17.9. The number of ether oxygens (including phenoxy) is 6. The highest BCUT2D eigenvalue weighted by Crippen LogP contribution is 2.42. The van der Waals surface area contributed by atoms with Crippen LogP contribution in [-0.4, -0.2) is 113 Å². The Morgan fingerprint density at radius 1 is 0.815 bits per heavy atom. The Kier molecular flexibility index (Phi) is 14.3. The Morgan fingerprint density at radius 2 is 1.46 bits per heavy atom. The van der Waals surface area contributed by atoms with Gasteiger partial charge >= 0.3 is 12.1 Å². The standard InChI is InChI=1S/C45H54N8O12/c1-7-16-64-45(59)53-32-23-37(36(60-5)22-30(32)42(57)52-15-10-12-31(52)43(53)65-39-14-8-9-17-63-39)62-18-11-13-38(54)46-27-19-33(49(2)24-27)40(55)47-28-20-34(50(3)25-28)41(56)48-29-21-35(44(58)61-6)51(4)26-29/h7,19-26,31,39,43H,1,8-18H2,2-6H3,(H,46,54)(H,47,55)(H,48,56)/t31-,39?,43?/m0/s1. The van der Waals surface area contributed by atoms with Gasteiger partial charge in [-0.25, -0.2) is 14.5 Å². The molecule has 0 bridgehead atoms. The number of hydrogen-bond donors (Lipinski definition) is 3. The van der Waals surface area contributed by atoms with E-state index in [2.05, 4.69) is 22.5 Å². The number of fused-ring (bicyclic) bond motifs is 2. The molecule has 2 saturated heterocycles. The molecule has 65 heavy (non-hydrogen) atoms. The number of nitrogens with one attached hydrogen (secondary N) is 3. The lowest BCUT2D eigenvalue weighted by atomic mass is 10.1. The first-order chi connectivity index (χ1) is 31.3. The summed E-state index contributed by atoms with van der Waals surface area (Å²) in [4.78, 5) is 82.6. The maximum absolute atomic E-state index is 14.1. The van der Waals surface area contributed by atoms with Gasteiger partial charge in [-0.2, -0.15) is 0 Å². The van der Waals surface area contributed by atoms with Crippen molar-refractivity contribution in [2.75, 3.05) is 61.4 Å². The minimum Gasteiger partial charge on any atom is -0.493 e. The van der Waals surface area contributed by atoms with Crippen molar-refractivity contribution in [3.8, 4) is 11.5 Å². The fraction of sp³-hybridized carbons (Fsp3) is 0.422. The van der Waals surface area contributed by atoms with E-state index in [0.29, 0.717) is 43.1 Å². The van der Waals surface area contributed by atoms with Crippen molar-refractivity contribution in [1.29, 1.82) is 0 Å². The number of esters is 1. The highest BCUT2D eigenvalue weighted by atomic mass is 16.7. The summed E-state index contributed by atoms with van der Waals surface area (Å²) in [5.41, 5.74) is 2.35. The molecular formula is C45H54N8O12. The second kappa shape index (κ2) is 20.2. The molecule has 1 aromatic carbocycles. The van der Waals surface area contributed by atoms with Gasteiger partial charge in [-0.1, -0.05) is 12.7 Å². The molecule has 20 heteroatoms. The third-order valence-electron chi connectivity index (χ3n) is 11.3. The van der Waals surface area contributed by atoms with Gasteiger partial charge in [-0.15, -0.1) is 0 Å². The Bertz CT molecular complexity index is 2460. The monoisotopic (exact) mass is 898 g/mol. The molecule has 3 aliphatic rings. The van der Waals surface area contributed by atoms with Gasteiger partial charge < -0.3 is 63.0 Å². The van der Waals surface area contributed by atoms with Crippen LogP contribution in [0.4, 0.5) is 27.5 Å². The average molecular weight is 899 g/mol. The Morgan fingerprint density at radius 3 is 2.08 bits per heavy atom. The second-order valence-electron chi connectivity index (χ2n) is 15.9. The summed E-state index contributed by atoms with van der Waals surface area (Å²) in [7, 11) is 7.69. The van der Waals surface area contributed by atoms with E-state index in [1.54, 1.807) is 65.9 Å². The predicted octanol–water partition coefficient (Wildman–Crippen LogP) is 5.42. The van der Waals surface area contributed by atoms with Crippen LogP contribution in [-0.2, 0) is 44.9 Å². The van der Waals surface area contributed by atoms with Crippen molar-refractivity contribution in [2.24, 2.45) is 21.1 Å². The summed E-state index contributed by atoms with van der Waals surface area (Å²) in [6, 6.07) is 7.21. The summed E-state index contributed by atoms with van der Waals surface area (Å²) in [5.74, 6) is -1.59. The Balaban J connectivity index is 0.976. The van der Waals surface area contributed by atoms with Crippen molar-refractivity contribution in [1.82, 2.24) is 18.6 Å². The van der Waals surface area contributed by atoms with Gasteiger partial charge in [0.05, 0.1) is 55.2 Å². The van der Waals surface area contributed by atoms with Gasteiger partial charge in [0.2, 0.25) is 5.91 Å². The van der Waals surface area contributed by atoms with E-state index >= 15 is 0 Å². The van der Waals surface area contributed by atoms with Crippen LogP contribution in [0.1, 0.15) is 86.8 Å². The summed E-state index contributed by atoms with van der Waals surface area (Å²) in [6.45, 7) is 4.69. The van der Waals surface area contributed by atoms with Crippen LogP contribution in [0.3, 0.4) is 0 Å². The number of nitrogens with zero attached hydrogens (tertiary/aromatic N) is 5. The number of hydrogen-bond acceptors (Lipinski definition) is 12. The van der Waals surface area contributed by atoms with Gasteiger partial charge in [0.1, 0.15) is 23.7 Å². The van der Waals surface area contributed by atoms with Crippen molar-refractivity contribution in [3.63, 3.8) is 0 Å². The van der Waals surface area contributed by atoms with E-state index < -0.39 is 42.4 Å². The summed E-state index contributed by atoms with van der Waals surface area (Å²) < 4.78 is 39.2. The van der Waals surface area contributed by atoms with Crippen LogP contribution in [0.15, 0.2) is 61.6 Å². The first-order valence-electron chi connectivity index (χ1n) is 21.3. The quantitative estimate of drug-likeness (QED) is 0.0731. The molecule has 7 rings (SSSR count). The minimum absolute atomic E-state index is 0.0535. The zero-order chi connectivity index (χ0) is 46.4. The smallest absolute Gasteiger partial charge is 0.416 e. The molecule has 3 atom stereocenters. The topological polar surface area (TPSA) is 215 Å². The number of carbonyl (C=O) groups is 6. The molecule has 5 amide bonds. The number of aryl methyl sites for hydroxylation is 3. The number of rotatable bonds is 16. The molecule has 0 radical (unpaired) electrons. The predicted molar refractivity (Wildman–Crippen MR) is 236 cm³/mol. The van der Waals surface area contributed by atoms with E-state index in [9.17, 15) is 28.8 Å². The SMILES string of the molecule is C=CCOC(=O)N1c2cc(OCCCC(=O)Nc3cc(C(=O)Nc4cc(C(=O)Nc5cc(C(=O)OC)n(C)c5)n(C)c4)n(C)c3)c(OC)cc2C(=O)N2CCC[C@H]2C1OC1CCCCO1. The van der Waals surface area contributed by atoms with Crippen LogP contribution < -0.4 is 30.3 Å². The van der Waals surface area contributed by atoms with E-state index in [0.717, 1.165) is 19.3 Å². The number of aromatic nitrogens is 3. The number of carbonyl (C=O) groups excluding carboxylic acids is 6. The number of anilines is 4. The van der Waals surface area contributed by atoms with Crippen LogP contribution in [0, 0.1) is 0 Å². The van der Waals surface area contributed by atoms with Crippen molar-refractivity contribution < 1.29 is 57.2 Å². The molecule has 4 aromatic rings. The summed E-state index contributed by atoms with van der Waals surface area (Å²) >= 11 is 0. The highest BCUT2D eigenvalue weighted by molar-refractivity contribution is 6.08. The molecule has 3 aromatic heterocycles. The molecular weight excluding hydrogens is 845 g/mol. The fourth-order valence-electron chi connectivity index (χ4n) is 8.21. The van der Waals surface area contributed by atoms with Crippen molar-refractivity contribution in [3.05, 3.63) is 84.2 Å². The summed E-state index contributed by atoms with van der Waals surface area (Å²) in [6.07, 6.45) is 8.15. The van der Waals surface area contributed by atoms with Gasteiger partial charge in [0, 0.05) is 65.4 Å². The zero-order valence-electron chi connectivity index (χ0n) is 37.0. The first kappa shape index (κ1) is 45.9. The van der Waals surface area contributed by atoms with Gasteiger partial charge in [-0.05, 0) is 62.8 Å². The first-order valence-corrected chi connectivity index (χ1v) is 21.3. The van der Waals surface area contributed by atoms with E-state index in [1.807, 2.05) is 0 Å². The third kappa shape index (κ3) is 10.2. The average Bonchev–Trinajstić information content (AvgIpc) is 4.09. The molecule has 0 spiro atoms. The number of amides is 5. The largest absolute Gasteiger partial charge is 0.493 e. The van der Waals surface area contributed by atoms with Gasteiger partial charge in [-0.3, -0.25) is 19.2 Å². The lowest BCUT2D eigenvalue weighted by Gasteiger charge is -2.38. The molecule has 6 heterocycles. The fourth-order valence-corrected chi connectivity index (χ4v) is 8.21. The minimum atomic E-state index is -0.909.